The highest BCUT2D eigenvalue weighted by Crippen LogP contribution is 2.25. The summed E-state index contributed by atoms with van der Waals surface area (Å²) in [5.41, 5.74) is 0.959. The third-order valence-electron chi connectivity index (χ3n) is 2.63. The first kappa shape index (κ1) is 12.3. The van der Waals surface area contributed by atoms with Crippen LogP contribution < -0.4 is 14.2 Å². The minimum atomic E-state index is 0.449. The lowest BCUT2D eigenvalue weighted by molar-refractivity contribution is 0.295. The average Bonchev–Trinajstić information content (AvgIpc) is 2.45. The van der Waals surface area contributed by atoms with Gasteiger partial charge in [0.25, 0.3) is 0 Å². The lowest BCUT2D eigenvalue weighted by atomic mass is 10.2. The number of hydrogen-bond donors (Lipinski definition) is 0. The molecule has 18 heavy (non-hydrogen) atoms. The van der Waals surface area contributed by atoms with Gasteiger partial charge in [0.15, 0.2) is 0 Å². The third kappa shape index (κ3) is 2.94. The second-order valence-corrected chi connectivity index (χ2v) is 3.78. The van der Waals surface area contributed by atoms with Crippen LogP contribution in [0, 0.1) is 0 Å². The second kappa shape index (κ2) is 5.96. The molecule has 0 radical (unpaired) electrons. The first-order valence-electron chi connectivity index (χ1n) is 5.72. The highest BCUT2D eigenvalue weighted by molar-refractivity contribution is 5.40. The number of methoxy groups -OCH3 is 2. The van der Waals surface area contributed by atoms with Crippen molar-refractivity contribution in [2.75, 3.05) is 14.2 Å². The average molecular weight is 244 g/mol. The molecule has 0 N–H and O–H groups in total. The molecule has 0 aliphatic carbocycles. The van der Waals surface area contributed by atoms with E-state index in [1.807, 2.05) is 48.5 Å². The summed E-state index contributed by atoms with van der Waals surface area (Å²) in [5.74, 6) is 2.43. The summed E-state index contributed by atoms with van der Waals surface area (Å²) in [6, 6.07) is 15.4. The van der Waals surface area contributed by atoms with Crippen molar-refractivity contribution >= 4 is 0 Å². The van der Waals surface area contributed by atoms with E-state index in [0.717, 1.165) is 22.8 Å². The van der Waals surface area contributed by atoms with Crippen molar-refractivity contribution in [3.63, 3.8) is 0 Å². The van der Waals surface area contributed by atoms with Crippen LogP contribution in [0.4, 0.5) is 0 Å². The molecule has 0 spiro atoms. The zero-order valence-corrected chi connectivity index (χ0v) is 10.6. The highest BCUT2D eigenvalue weighted by atomic mass is 16.5. The monoisotopic (exact) mass is 244 g/mol. The first-order chi connectivity index (χ1) is 8.83. The smallest absolute Gasteiger partial charge is 0.125 e. The quantitative estimate of drug-likeness (QED) is 0.807. The van der Waals surface area contributed by atoms with Crippen molar-refractivity contribution < 1.29 is 14.2 Å². The van der Waals surface area contributed by atoms with E-state index in [0.29, 0.717) is 6.61 Å². The van der Waals surface area contributed by atoms with Crippen LogP contribution in [0.25, 0.3) is 0 Å². The molecule has 3 nitrogen and oxygen atoms in total. The maximum Gasteiger partial charge on any atom is 0.125 e. The van der Waals surface area contributed by atoms with Gasteiger partial charge < -0.3 is 14.2 Å². The summed E-state index contributed by atoms with van der Waals surface area (Å²) >= 11 is 0. The Kier molecular flexibility index (Phi) is 4.07. The van der Waals surface area contributed by atoms with Crippen molar-refractivity contribution in [3.05, 3.63) is 54.1 Å². The zero-order valence-electron chi connectivity index (χ0n) is 10.6. The van der Waals surface area contributed by atoms with Crippen LogP contribution >= 0.6 is 0 Å². The minimum Gasteiger partial charge on any atom is -0.497 e. The summed E-state index contributed by atoms with van der Waals surface area (Å²) in [6.07, 6.45) is 0. The Morgan fingerprint density at radius 3 is 2.28 bits per heavy atom. The summed E-state index contributed by atoms with van der Waals surface area (Å²) in [7, 11) is 3.29. The van der Waals surface area contributed by atoms with E-state index in [-0.39, 0.29) is 0 Å². The third-order valence-corrected chi connectivity index (χ3v) is 2.63. The molecule has 0 fully saturated rings. The lowest BCUT2D eigenvalue weighted by Gasteiger charge is -2.11. The Bertz CT molecular complexity index is 494. The molecule has 0 unspecified atom stereocenters. The summed E-state index contributed by atoms with van der Waals surface area (Å²) < 4.78 is 16.2. The standard InChI is InChI=1S/C15H16O3/c1-16-14-8-9-15(17-2)12(10-14)11-18-13-6-4-3-5-7-13/h3-10H,11H2,1-2H3. The van der Waals surface area contributed by atoms with E-state index < -0.39 is 0 Å². The van der Waals surface area contributed by atoms with Gasteiger partial charge in [-0.3, -0.25) is 0 Å². The van der Waals surface area contributed by atoms with Crippen LogP contribution in [0.2, 0.25) is 0 Å². The Balaban J connectivity index is 2.12. The molecular weight excluding hydrogens is 228 g/mol. The Labute approximate surface area is 107 Å². The zero-order chi connectivity index (χ0) is 12.8. The van der Waals surface area contributed by atoms with Gasteiger partial charge in [-0.05, 0) is 30.3 Å². The van der Waals surface area contributed by atoms with Crippen LogP contribution in [-0.2, 0) is 6.61 Å². The maximum atomic E-state index is 5.70. The molecule has 3 heteroatoms. The van der Waals surface area contributed by atoms with Crippen molar-refractivity contribution in [1.29, 1.82) is 0 Å². The maximum absolute atomic E-state index is 5.70. The largest absolute Gasteiger partial charge is 0.497 e. The van der Waals surface area contributed by atoms with Gasteiger partial charge in [0, 0.05) is 5.56 Å². The lowest BCUT2D eigenvalue weighted by Crippen LogP contribution is -1.99. The van der Waals surface area contributed by atoms with E-state index in [1.54, 1.807) is 14.2 Å². The van der Waals surface area contributed by atoms with E-state index in [4.69, 9.17) is 14.2 Å². The van der Waals surface area contributed by atoms with Gasteiger partial charge in [-0.25, -0.2) is 0 Å². The SMILES string of the molecule is COc1ccc(OC)c(COc2ccccc2)c1. The number of benzene rings is 2. The van der Waals surface area contributed by atoms with Gasteiger partial charge in [0.05, 0.1) is 14.2 Å². The molecule has 2 aromatic carbocycles. The van der Waals surface area contributed by atoms with Gasteiger partial charge in [-0.1, -0.05) is 18.2 Å². The molecule has 2 aromatic rings. The normalized spacial score (nSPS) is 9.89. The van der Waals surface area contributed by atoms with Crippen LogP contribution in [0.3, 0.4) is 0 Å². The van der Waals surface area contributed by atoms with Crippen LogP contribution in [0.5, 0.6) is 17.2 Å². The molecule has 2 rings (SSSR count). The molecule has 94 valence electrons. The summed E-state index contributed by atoms with van der Waals surface area (Å²) in [4.78, 5) is 0. The number of rotatable bonds is 5. The fraction of sp³-hybridized carbons (Fsp3) is 0.200. The van der Waals surface area contributed by atoms with Gasteiger partial charge in [0.2, 0.25) is 0 Å². The number of ether oxygens (including phenoxy) is 3. The number of para-hydroxylation sites is 1. The second-order valence-electron chi connectivity index (χ2n) is 3.78. The molecule has 0 aromatic heterocycles. The van der Waals surface area contributed by atoms with Gasteiger partial charge in [-0.15, -0.1) is 0 Å². The molecule has 0 atom stereocenters. The molecule has 0 heterocycles. The first-order valence-corrected chi connectivity index (χ1v) is 5.72. The molecule has 0 saturated heterocycles. The molecular formula is C15H16O3. The fourth-order valence-electron chi connectivity index (χ4n) is 1.67. The van der Waals surface area contributed by atoms with Crippen molar-refractivity contribution in [2.24, 2.45) is 0 Å². The van der Waals surface area contributed by atoms with Crippen molar-refractivity contribution in [3.8, 4) is 17.2 Å². The molecule has 0 amide bonds. The molecule has 0 bridgehead atoms. The summed E-state index contributed by atoms with van der Waals surface area (Å²) in [6.45, 7) is 0.449. The highest BCUT2D eigenvalue weighted by Gasteiger charge is 2.05. The van der Waals surface area contributed by atoms with Crippen molar-refractivity contribution in [2.45, 2.75) is 6.61 Å². The van der Waals surface area contributed by atoms with Gasteiger partial charge in [-0.2, -0.15) is 0 Å². The topological polar surface area (TPSA) is 27.7 Å². The van der Waals surface area contributed by atoms with Gasteiger partial charge in [0.1, 0.15) is 23.9 Å². The predicted molar refractivity (Wildman–Crippen MR) is 70.3 cm³/mol. The van der Waals surface area contributed by atoms with Crippen LogP contribution in [0.15, 0.2) is 48.5 Å². The van der Waals surface area contributed by atoms with Crippen LogP contribution in [-0.4, -0.2) is 14.2 Å². The Morgan fingerprint density at radius 2 is 1.61 bits per heavy atom. The van der Waals surface area contributed by atoms with Crippen LogP contribution in [0.1, 0.15) is 5.56 Å². The fourth-order valence-corrected chi connectivity index (χ4v) is 1.67. The molecule has 0 aliphatic heterocycles. The summed E-state index contributed by atoms with van der Waals surface area (Å²) in [5, 5.41) is 0. The predicted octanol–water partition coefficient (Wildman–Crippen LogP) is 3.28. The van der Waals surface area contributed by atoms with Crippen molar-refractivity contribution in [1.82, 2.24) is 0 Å². The molecule has 0 aliphatic rings. The van der Waals surface area contributed by atoms with E-state index in [1.165, 1.54) is 0 Å². The van der Waals surface area contributed by atoms with Gasteiger partial charge >= 0.3 is 0 Å². The minimum absolute atomic E-state index is 0.449. The van der Waals surface area contributed by atoms with E-state index >= 15 is 0 Å². The van der Waals surface area contributed by atoms with E-state index in [9.17, 15) is 0 Å². The molecule has 0 saturated carbocycles. The Morgan fingerprint density at radius 1 is 0.833 bits per heavy atom. The van der Waals surface area contributed by atoms with E-state index in [2.05, 4.69) is 0 Å². The Hall–Kier alpha value is -2.16. The number of hydrogen-bond acceptors (Lipinski definition) is 3.